The van der Waals surface area contributed by atoms with Crippen molar-refractivity contribution in [3.8, 4) is 5.75 Å². The van der Waals surface area contributed by atoms with Crippen molar-refractivity contribution >= 4 is 22.6 Å². The molecule has 6 nitrogen and oxygen atoms in total. The number of imidazole rings is 1. The fourth-order valence-electron chi connectivity index (χ4n) is 2.19. The highest BCUT2D eigenvalue weighted by molar-refractivity contribution is 6.17. The van der Waals surface area contributed by atoms with Gasteiger partial charge in [0, 0.05) is 12.3 Å². The van der Waals surface area contributed by atoms with Gasteiger partial charge >= 0.3 is 0 Å². The predicted octanol–water partition coefficient (Wildman–Crippen LogP) is 2.26. The van der Waals surface area contributed by atoms with E-state index >= 15 is 0 Å². The minimum absolute atomic E-state index is 0.492. The van der Waals surface area contributed by atoms with Gasteiger partial charge in [0.1, 0.15) is 17.1 Å². The maximum Gasteiger partial charge on any atom is 0.213 e. The van der Waals surface area contributed by atoms with Crippen LogP contribution in [0.2, 0.25) is 0 Å². The van der Waals surface area contributed by atoms with Crippen molar-refractivity contribution < 1.29 is 9.26 Å². The van der Waals surface area contributed by atoms with Crippen LogP contribution in [0.5, 0.6) is 5.75 Å². The number of methoxy groups -OCH3 is 1. The van der Waals surface area contributed by atoms with Gasteiger partial charge in [0.2, 0.25) is 6.39 Å². The smallest absolute Gasteiger partial charge is 0.213 e. The number of aryl methyl sites for hydroxylation is 1. The van der Waals surface area contributed by atoms with Gasteiger partial charge in [-0.1, -0.05) is 11.2 Å². The zero-order valence-corrected chi connectivity index (χ0v) is 11.7. The van der Waals surface area contributed by atoms with Crippen molar-refractivity contribution in [3.05, 3.63) is 36.2 Å². The number of halogens is 1. The zero-order chi connectivity index (χ0) is 13.9. The van der Waals surface area contributed by atoms with Crippen molar-refractivity contribution in [2.45, 2.75) is 13.0 Å². The van der Waals surface area contributed by atoms with Gasteiger partial charge in [-0.3, -0.25) is 0 Å². The van der Waals surface area contributed by atoms with E-state index in [1.165, 1.54) is 6.39 Å². The molecule has 2 aromatic heterocycles. The van der Waals surface area contributed by atoms with Crippen molar-refractivity contribution in [2.24, 2.45) is 0 Å². The second-order valence-electron chi connectivity index (χ2n) is 4.23. The SMILES string of the molecule is COc1cccc2c1nc(CCCl)n2Cc1ncon1. The maximum atomic E-state index is 5.86. The van der Waals surface area contributed by atoms with Crippen molar-refractivity contribution in [1.29, 1.82) is 0 Å². The lowest BCUT2D eigenvalue weighted by molar-refractivity contribution is 0.408. The molecule has 2 heterocycles. The van der Waals surface area contributed by atoms with E-state index < -0.39 is 0 Å². The topological polar surface area (TPSA) is 66.0 Å². The summed E-state index contributed by atoms with van der Waals surface area (Å²) in [7, 11) is 1.63. The molecule has 3 rings (SSSR count). The molecule has 0 aliphatic carbocycles. The number of para-hydroxylation sites is 1. The molecule has 0 unspecified atom stereocenters. The normalized spacial score (nSPS) is 11.1. The largest absolute Gasteiger partial charge is 0.494 e. The van der Waals surface area contributed by atoms with Gasteiger partial charge in [-0.05, 0) is 12.1 Å². The van der Waals surface area contributed by atoms with Crippen LogP contribution in [0.15, 0.2) is 29.1 Å². The van der Waals surface area contributed by atoms with E-state index in [0.717, 1.165) is 22.6 Å². The Labute approximate surface area is 120 Å². The van der Waals surface area contributed by atoms with E-state index in [1.807, 2.05) is 22.8 Å². The second kappa shape index (κ2) is 5.50. The Morgan fingerprint density at radius 1 is 1.40 bits per heavy atom. The summed E-state index contributed by atoms with van der Waals surface area (Å²) in [6.07, 6.45) is 1.98. The van der Waals surface area contributed by atoms with E-state index in [-0.39, 0.29) is 0 Å². The first-order chi connectivity index (χ1) is 9.83. The Morgan fingerprint density at radius 3 is 3.00 bits per heavy atom. The molecule has 20 heavy (non-hydrogen) atoms. The highest BCUT2D eigenvalue weighted by atomic mass is 35.5. The third kappa shape index (κ3) is 2.22. The molecule has 0 saturated heterocycles. The summed E-state index contributed by atoms with van der Waals surface area (Å²) in [5, 5.41) is 3.84. The number of hydrogen-bond acceptors (Lipinski definition) is 5. The van der Waals surface area contributed by atoms with Crippen LogP contribution in [-0.4, -0.2) is 32.7 Å². The standard InChI is InChI=1S/C13H13ClN4O2/c1-19-10-4-2-3-9-13(10)16-12(5-6-14)18(9)7-11-15-8-20-17-11/h2-4,8H,5-7H2,1H3. The van der Waals surface area contributed by atoms with E-state index in [1.54, 1.807) is 7.11 Å². The van der Waals surface area contributed by atoms with Crippen LogP contribution < -0.4 is 4.74 Å². The van der Waals surface area contributed by atoms with Crippen molar-refractivity contribution in [1.82, 2.24) is 19.7 Å². The average molecular weight is 293 g/mol. The van der Waals surface area contributed by atoms with Crippen LogP contribution in [0.1, 0.15) is 11.6 Å². The molecule has 3 aromatic rings. The first-order valence-electron chi connectivity index (χ1n) is 6.17. The molecule has 0 saturated carbocycles. The number of benzene rings is 1. The highest BCUT2D eigenvalue weighted by Gasteiger charge is 2.15. The van der Waals surface area contributed by atoms with Gasteiger partial charge in [-0.25, -0.2) is 4.98 Å². The predicted molar refractivity (Wildman–Crippen MR) is 74.1 cm³/mol. The van der Waals surface area contributed by atoms with E-state index in [9.17, 15) is 0 Å². The number of nitrogens with zero attached hydrogens (tertiary/aromatic N) is 4. The van der Waals surface area contributed by atoms with Crippen LogP contribution in [0, 0.1) is 0 Å². The minimum Gasteiger partial charge on any atom is -0.494 e. The maximum absolute atomic E-state index is 5.86. The Morgan fingerprint density at radius 2 is 2.30 bits per heavy atom. The Bertz CT molecular complexity index is 709. The summed E-state index contributed by atoms with van der Waals surface area (Å²) in [5.41, 5.74) is 1.79. The lowest BCUT2D eigenvalue weighted by atomic mass is 10.3. The van der Waals surface area contributed by atoms with Gasteiger partial charge in [0.25, 0.3) is 0 Å². The quantitative estimate of drug-likeness (QED) is 0.675. The van der Waals surface area contributed by atoms with E-state index in [2.05, 4.69) is 15.1 Å². The molecule has 0 amide bonds. The summed E-state index contributed by atoms with van der Waals surface area (Å²) in [4.78, 5) is 8.67. The van der Waals surface area contributed by atoms with Crippen LogP contribution in [0.25, 0.3) is 11.0 Å². The fourth-order valence-corrected chi connectivity index (χ4v) is 2.36. The average Bonchev–Trinajstić information content (AvgIpc) is 3.08. The lowest BCUT2D eigenvalue weighted by Gasteiger charge is -2.05. The van der Waals surface area contributed by atoms with E-state index in [4.69, 9.17) is 20.9 Å². The molecule has 0 spiro atoms. The van der Waals surface area contributed by atoms with Gasteiger partial charge in [0.05, 0.1) is 19.2 Å². The summed E-state index contributed by atoms with van der Waals surface area (Å²) in [6, 6.07) is 5.81. The van der Waals surface area contributed by atoms with Crippen molar-refractivity contribution in [2.75, 3.05) is 13.0 Å². The Balaban J connectivity index is 2.13. The van der Waals surface area contributed by atoms with Gasteiger partial charge in [0.15, 0.2) is 5.82 Å². The van der Waals surface area contributed by atoms with Gasteiger partial charge in [-0.2, -0.15) is 4.98 Å². The highest BCUT2D eigenvalue weighted by Crippen LogP contribution is 2.26. The minimum atomic E-state index is 0.492. The molecular weight excluding hydrogens is 280 g/mol. The first kappa shape index (κ1) is 12.9. The fraction of sp³-hybridized carbons (Fsp3) is 0.308. The Hall–Kier alpha value is -2.08. The molecule has 0 atom stereocenters. The Kier molecular flexibility index (Phi) is 3.56. The number of hydrogen-bond donors (Lipinski definition) is 0. The first-order valence-corrected chi connectivity index (χ1v) is 6.70. The molecule has 0 radical (unpaired) electrons. The number of fused-ring (bicyclic) bond motifs is 1. The van der Waals surface area contributed by atoms with E-state index in [0.29, 0.717) is 24.7 Å². The molecule has 0 bridgehead atoms. The van der Waals surface area contributed by atoms with Crippen LogP contribution in [0.4, 0.5) is 0 Å². The number of alkyl halides is 1. The molecule has 7 heteroatoms. The lowest BCUT2D eigenvalue weighted by Crippen LogP contribution is -2.07. The molecule has 0 fully saturated rings. The second-order valence-corrected chi connectivity index (χ2v) is 4.61. The number of rotatable bonds is 5. The third-order valence-corrected chi connectivity index (χ3v) is 3.25. The molecule has 0 N–H and O–H groups in total. The molecule has 0 aliphatic rings. The summed E-state index contributed by atoms with van der Waals surface area (Å²) >= 11 is 5.86. The van der Waals surface area contributed by atoms with Gasteiger partial charge < -0.3 is 13.8 Å². The van der Waals surface area contributed by atoms with Crippen LogP contribution in [-0.2, 0) is 13.0 Å². The molecule has 0 aliphatic heterocycles. The monoisotopic (exact) mass is 292 g/mol. The molecular formula is C13H13ClN4O2. The van der Waals surface area contributed by atoms with Crippen LogP contribution in [0.3, 0.4) is 0 Å². The molecule has 104 valence electrons. The molecule has 1 aromatic carbocycles. The summed E-state index contributed by atoms with van der Waals surface area (Å²) in [5.74, 6) is 2.72. The third-order valence-electron chi connectivity index (χ3n) is 3.07. The number of ether oxygens (including phenoxy) is 1. The van der Waals surface area contributed by atoms with Gasteiger partial charge in [-0.15, -0.1) is 11.6 Å². The number of aromatic nitrogens is 4. The zero-order valence-electron chi connectivity index (χ0n) is 10.9. The summed E-state index contributed by atoms with van der Waals surface area (Å²) in [6.45, 7) is 0.492. The van der Waals surface area contributed by atoms with Crippen LogP contribution >= 0.6 is 11.6 Å². The summed E-state index contributed by atoms with van der Waals surface area (Å²) < 4.78 is 12.2. The van der Waals surface area contributed by atoms with Crippen molar-refractivity contribution in [3.63, 3.8) is 0 Å².